The fourth-order valence-corrected chi connectivity index (χ4v) is 3.73. The molecule has 3 rings (SSSR count). The highest BCUT2D eigenvalue weighted by atomic mass is 35.5. The summed E-state index contributed by atoms with van der Waals surface area (Å²) in [7, 11) is 0. The maximum atomic E-state index is 5.98. The van der Waals surface area contributed by atoms with Gasteiger partial charge >= 0.3 is 0 Å². The molecule has 0 amide bonds. The normalized spacial score (nSPS) is 23.4. The third-order valence-electron chi connectivity index (χ3n) is 4.51. The Bertz CT molecular complexity index is 602. The van der Waals surface area contributed by atoms with Gasteiger partial charge in [-0.05, 0) is 43.4 Å². The fourth-order valence-electron chi connectivity index (χ4n) is 3.56. The summed E-state index contributed by atoms with van der Waals surface area (Å²) in [5.74, 6) is 2.63. The zero-order valence-corrected chi connectivity index (χ0v) is 13.2. The van der Waals surface area contributed by atoms with Crippen LogP contribution >= 0.6 is 11.6 Å². The van der Waals surface area contributed by atoms with Crippen LogP contribution in [-0.4, -0.2) is 15.4 Å². The number of alkyl halides is 1. The second kappa shape index (κ2) is 5.77. The van der Waals surface area contributed by atoms with E-state index in [4.69, 9.17) is 16.6 Å². The Morgan fingerprint density at radius 2 is 2.20 bits per heavy atom. The number of rotatable bonds is 3. The van der Waals surface area contributed by atoms with Gasteiger partial charge in [0.1, 0.15) is 5.82 Å². The van der Waals surface area contributed by atoms with E-state index < -0.39 is 0 Å². The Kier molecular flexibility index (Phi) is 4.02. The predicted octanol–water partition coefficient (Wildman–Crippen LogP) is 4.88. The molecule has 2 aromatic rings. The van der Waals surface area contributed by atoms with Crippen molar-refractivity contribution >= 4 is 22.6 Å². The fraction of sp³-hybridized carbons (Fsp3) is 0.588. The molecular formula is C17H23ClN2. The molecule has 1 saturated carbocycles. The molecule has 1 heterocycles. The van der Waals surface area contributed by atoms with E-state index in [9.17, 15) is 0 Å². The van der Waals surface area contributed by atoms with Crippen molar-refractivity contribution in [3.05, 3.63) is 29.6 Å². The van der Waals surface area contributed by atoms with Crippen LogP contribution in [0, 0.1) is 12.8 Å². The first-order valence-corrected chi connectivity index (χ1v) is 8.26. The highest BCUT2D eigenvalue weighted by Crippen LogP contribution is 2.35. The molecule has 1 aliphatic carbocycles. The Hall–Kier alpha value is -1.02. The van der Waals surface area contributed by atoms with E-state index in [0.29, 0.717) is 11.9 Å². The largest absolute Gasteiger partial charge is 0.325 e. The molecule has 0 spiro atoms. The minimum Gasteiger partial charge on any atom is -0.325 e. The van der Waals surface area contributed by atoms with Crippen LogP contribution in [0.1, 0.15) is 50.0 Å². The van der Waals surface area contributed by atoms with Crippen molar-refractivity contribution in [2.24, 2.45) is 5.92 Å². The number of aryl methyl sites for hydroxylation is 2. The zero-order valence-electron chi connectivity index (χ0n) is 12.4. The standard InChI is InChI=1S/C17H23ClN2/c1-12-4-3-5-14(10-12)20-16-7-6-13(2)11-15(16)19-17(20)8-9-18/h6-7,11-12,14H,3-5,8-10H2,1-2H3. The molecule has 0 aliphatic heterocycles. The second-order valence-corrected chi connectivity index (χ2v) is 6.63. The van der Waals surface area contributed by atoms with Crippen molar-refractivity contribution in [2.75, 3.05) is 5.88 Å². The third-order valence-corrected chi connectivity index (χ3v) is 4.70. The molecule has 0 N–H and O–H groups in total. The summed E-state index contributed by atoms with van der Waals surface area (Å²) in [5.41, 5.74) is 3.69. The lowest BCUT2D eigenvalue weighted by atomic mass is 9.86. The number of fused-ring (bicyclic) bond motifs is 1. The van der Waals surface area contributed by atoms with Crippen molar-refractivity contribution in [1.29, 1.82) is 0 Å². The molecule has 20 heavy (non-hydrogen) atoms. The number of nitrogens with zero attached hydrogens (tertiary/aromatic N) is 2. The van der Waals surface area contributed by atoms with Crippen LogP contribution in [0.15, 0.2) is 18.2 Å². The van der Waals surface area contributed by atoms with Crippen molar-refractivity contribution < 1.29 is 0 Å². The number of benzene rings is 1. The molecule has 3 heteroatoms. The molecule has 2 atom stereocenters. The summed E-state index contributed by atoms with van der Waals surface area (Å²) in [6.45, 7) is 4.50. The average molecular weight is 291 g/mol. The number of imidazole rings is 1. The van der Waals surface area contributed by atoms with Crippen LogP contribution in [0.5, 0.6) is 0 Å². The van der Waals surface area contributed by atoms with Crippen LogP contribution in [-0.2, 0) is 6.42 Å². The molecule has 1 aliphatic rings. The number of halogens is 1. The summed E-state index contributed by atoms with van der Waals surface area (Å²) >= 11 is 5.98. The second-order valence-electron chi connectivity index (χ2n) is 6.25. The van der Waals surface area contributed by atoms with E-state index in [1.54, 1.807) is 0 Å². The average Bonchev–Trinajstić information content (AvgIpc) is 2.76. The van der Waals surface area contributed by atoms with Gasteiger partial charge in [-0.3, -0.25) is 0 Å². The summed E-state index contributed by atoms with van der Waals surface area (Å²) in [6, 6.07) is 7.21. The minimum absolute atomic E-state index is 0.602. The van der Waals surface area contributed by atoms with Crippen LogP contribution in [0.4, 0.5) is 0 Å². The van der Waals surface area contributed by atoms with E-state index in [1.165, 1.54) is 42.6 Å². The van der Waals surface area contributed by atoms with Gasteiger partial charge in [0.2, 0.25) is 0 Å². The highest BCUT2D eigenvalue weighted by molar-refractivity contribution is 6.17. The molecule has 0 saturated heterocycles. The first-order valence-electron chi connectivity index (χ1n) is 7.72. The number of hydrogen-bond donors (Lipinski definition) is 0. The smallest absolute Gasteiger partial charge is 0.111 e. The van der Waals surface area contributed by atoms with Crippen molar-refractivity contribution in [3.63, 3.8) is 0 Å². The third kappa shape index (κ3) is 2.58. The lowest BCUT2D eigenvalue weighted by molar-refractivity contribution is 0.283. The van der Waals surface area contributed by atoms with Gasteiger partial charge in [0.05, 0.1) is 11.0 Å². The maximum absolute atomic E-state index is 5.98. The van der Waals surface area contributed by atoms with Gasteiger partial charge in [0.25, 0.3) is 0 Å². The van der Waals surface area contributed by atoms with Crippen LogP contribution in [0.25, 0.3) is 11.0 Å². The van der Waals surface area contributed by atoms with Gasteiger partial charge in [-0.1, -0.05) is 25.8 Å². The maximum Gasteiger partial charge on any atom is 0.111 e. The molecule has 1 fully saturated rings. The zero-order chi connectivity index (χ0) is 14.1. The monoisotopic (exact) mass is 290 g/mol. The van der Waals surface area contributed by atoms with E-state index in [-0.39, 0.29) is 0 Å². The topological polar surface area (TPSA) is 17.8 Å². The van der Waals surface area contributed by atoms with Crippen LogP contribution in [0.2, 0.25) is 0 Å². The molecule has 1 aromatic carbocycles. The van der Waals surface area contributed by atoms with Crippen LogP contribution < -0.4 is 0 Å². The Morgan fingerprint density at radius 3 is 2.95 bits per heavy atom. The molecular weight excluding hydrogens is 268 g/mol. The van der Waals surface area contributed by atoms with Gasteiger partial charge in [-0.15, -0.1) is 11.6 Å². The molecule has 108 valence electrons. The summed E-state index contributed by atoms with van der Waals surface area (Å²) < 4.78 is 2.48. The highest BCUT2D eigenvalue weighted by Gasteiger charge is 2.24. The summed E-state index contributed by atoms with van der Waals surface area (Å²) in [4.78, 5) is 4.84. The Morgan fingerprint density at radius 1 is 1.35 bits per heavy atom. The lowest BCUT2D eigenvalue weighted by Gasteiger charge is -2.29. The first-order chi connectivity index (χ1) is 9.69. The van der Waals surface area contributed by atoms with Gasteiger partial charge in [0, 0.05) is 18.3 Å². The Balaban J connectivity index is 2.08. The lowest BCUT2D eigenvalue weighted by Crippen LogP contribution is -2.19. The quantitative estimate of drug-likeness (QED) is 0.737. The SMILES string of the molecule is Cc1ccc2c(c1)nc(CCCl)n2C1CCCC(C)C1. The van der Waals surface area contributed by atoms with E-state index in [2.05, 4.69) is 36.6 Å². The molecule has 1 aromatic heterocycles. The Labute approximate surface area is 126 Å². The summed E-state index contributed by atoms with van der Waals surface area (Å²) in [6.07, 6.45) is 6.11. The van der Waals surface area contributed by atoms with Gasteiger partial charge in [-0.2, -0.15) is 0 Å². The first kappa shape index (κ1) is 13.9. The van der Waals surface area contributed by atoms with Crippen molar-refractivity contribution in [2.45, 2.75) is 52.0 Å². The van der Waals surface area contributed by atoms with E-state index in [1.807, 2.05) is 0 Å². The van der Waals surface area contributed by atoms with Gasteiger partial charge < -0.3 is 4.57 Å². The van der Waals surface area contributed by atoms with Gasteiger partial charge in [0.15, 0.2) is 0 Å². The predicted molar refractivity (Wildman–Crippen MR) is 85.6 cm³/mol. The summed E-state index contributed by atoms with van der Waals surface area (Å²) in [5, 5.41) is 0. The minimum atomic E-state index is 0.602. The van der Waals surface area contributed by atoms with Crippen LogP contribution in [0.3, 0.4) is 0 Å². The van der Waals surface area contributed by atoms with E-state index >= 15 is 0 Å². The molecule has 2 nitrogen and oxygen atoms in total. The number of aromatic nitrogens is 2. The van der Waals surface area contributed by atoms with E-state index in [0.717, 1.165) is 17.9 Å². The van der Waals surface area contributed by atoms with Gasteiger partial charge in [-0.25, -0.2) is 4.98 Å². The number of hydrogen-bond acceptors (Lipinski definition) is 1. The molecule has 0 radical (unpaired) electrons. The van der Waals surface area contributed by atoms with Crippen molar-refractivity contribution in [1.82, 2.24) is 9.55 Å². The molecule has 2 unspecified atom stereocenters. The molecule has 0 bridgehead atoms. The van der Waals surface area contributed by atoms with Crippen molar-refractivity contribution in [3.8, 4) is 0 Å².